The van der Waals surface area contributed by atoms with Crippen molar-refractivity contribution in [2.75, 3.05) is 13.1 Å². The van der Waals surface area contributed by atoms with E-state index in [1.807, 2.05) is 0 Å². The lowest BCUT2D eigenvalue weighted by Crippen LogP contribution is -2.51. The van der Waals surface area contributed by atoms with E-state index in [0.29, 0.717) is 24.0 Å². The molecule has 1 saturated heterocycles. The van der Waals surface area contributed by atoms with E-state index in [9.17, 15) is 13.2 Å². The van der Waals surface area contributed by atoms with Crippen molar-refractivity contribution in [2.24, 2.45) is 0 Å². The van der Waals surface area contributed by atoms with Gasteiger partial charge in [0.15, 0.2) is 18.0 Å². The molecule has 0 spiro atoms. The summed E-state index contributed by atoms with van der Waals surface area (Å²) in [6.07, 6.45) is -4.36. The normalized spacial score (nSPS) is 22.9. The lowest BCUT2D eigenvalue weighted by molar-refractivity contribution is -0.0801. The van der Waals surface area contributed by atoms with Crippen LogP contribution in [0.3, 0.4) is 0 Å². The monoisotopic (exact) mass is 349 g/mol. The summed E-state index contributed by atoms with van der Waals surface area (Å²) in [4.78, 5) is 9.20. The predicted molar refractivity (Wildman–Crippen MR) is 77.6 cm³/mol. The zero-order chi connectivity index (χ0) is 16.6. The number of nitrogens with one attached hydrogen (secondary N) is 1. The Morgan fingerprint density at radius 1 is 1.43 bits per heavy atom. The molecule has 1 N–H and O–H groups in total. The number of aryl methyl sites for hydroxylation is 1. The molecule has 0 aliphatic carbocycles. The number of H-pyrrole nitrogens is 1. The summed E-state index contributed by atoms with van der Waals surface area (Å²) in [6.45, 7) is 1.50. The summed E-state index contributed by atoms with van der Waals surface area (Å²) in [7, 11) is 0. The molecule has 2 aromatic heterocycles. The van der Waals surface area contributed by atoms with Crippen molar-refractivity contribution < 1.29 is 17.9 Å². The molecule has 2 aromatic rings. The summed E-state index contributed by atoms with van der Waals surface area (Å²) in [5.74, 6) is 0.0417. The van der Waals surface area contributed by atoms with Crippen LogP contribution in [0.15, 0.2) is 0 Å². The highest BCUT2D eigenvalue weighted by atomic mass is 35.5. The highest BCUT2D eigenvalue weighted by molar-refractivity contribution is 6.28. The van der Waals surface area contributed by atoms with Crippen LogP contribution in [0.1, 0.15) is 18.5 Å². The molecular formula is C13H15ClF3N5O. The minimum atomic E-state index is -2.57. The number of nitrogens with zero attached hydrogens (tertiary/aromatic N) is 4. The molecule has 0 aromatic carbocycles. The third kappa shape index (κ3) is 3.35. The van der Waals surface area contributed by atoms with E-state index in [2.05, 4.69) is 20.2 Å². The number of aromatic amines is 1. The second-order valence-corrected chi connectivity index (χ2v) is 5.74. The van der Waals surface area contributed by atoms with E-state index in [-0.39, 0.29) is 23.2 Å². The third-order valence-corrected chi connectivity index (χ3v) is 3.90. The van der Waals surface area contributed by atoms with Crippen molar-refractivity contribution in [1.29, 1.82) is 0 Å². The van der Waals surface area contributed by atoms with Gasteiger partial charge in [0.2, 0.25) is 11.2 Å². The van der Waals surface area contributed by atoms with Crippen molar-refractivity contribution in [3.05, 3.63) is 11.0 Å². The molecule has 6 nitrogen and oxygen atoms in total. The number of hydrogen-bond acceptors (Lipinski definition) is 5. The van der Waals surface area contributed by atoms with E-state index < -0.39 is 25.4 Å². The molecule has 0 saturated carbocycles. The van der Waals surface area contributed by atoms with Crippen LogP contribution in [-0.2, 0) is 0 Å². The SMILES string of the molecule is Cc1[nH]nc2nc(Cl)nc(OC3C(F)CCCN3CC(F)F)c12. The van der Waals surface area contributed by atoms with Gasteiger partial charge < -0.3 is 4.74 Å². The van der Waals surface area contributed by atoms with E-state index in [1.165, 1.54) is 4.90 Å². The van der Waals surface area contributed by atoms with Gasteiger partial charge in [-0.3, -0.25) is 10.00 Å². The Hall–Kier alpha value is -1.61. The first kappa shape index (κ1) is 16.3. The molecule has 0 bridgehead atoms. The third-order valence-electron chi connectivity index (χ3n) is 3.73. The molecule has 1 aliphatic rings. The smallest absolute Gasteiger partial charge is 0.251 e. The van der Waals surface area contributed by atoms with Crippen molar-refractivity contribution >= 4 is 22.6 Å². The van der Waals surface area contributed by atoms with E-state index >= 15 is 0 Å². The molecule has 3 rings (SSSR count). The van der Waals surface area contributed by atoms with E-state index in [4.69, 9.17) is 16.3 Å². The topological polar surface area (TPSA) is 66.9 Å². The predicted octanol–water partition coefficient (Wildman–Crippen LogP) is 2.72. The first-order valence-electron chi connectivity index (χ1n) is 7.17. The van der Waals surface area contributed by atoms with Gasteiger partial charge in [-0.25, -0.2) is 13.2 Å². The van der Waals surface area contributed by atoms with Crippen LogP contribution < -0.4 is 4.74 Å². The maximum atomic E-state index is 14.2. The number of rotatable bonds is 4. The van der Waals surface area contributed by atoms with Crippen LogP contribution in [0.4, 0.5) is 13.2 Å². The Balaban J connectivity index is 1.93. The van der Waals surface area contributed by atoms with Gasteiger partial charge in [0.25, 0.3) is 6.43 Å². The highest BCUT2D eigenvalue weighted by Crippen LogP contribution is 2.30. The zero-order valence-corrected chi connectivity index (χ0v) is 13.0. The van der Waals surface area contributed by atoms with Crippen LogP contribution in [0, 0.1) is 6.92 Å². The Morgan fingerprint density at radius 2 is 2.22 bits per heavy atom. The Labute approximate surface area is 135 Å². The van der Waals surface area contributed by atoms with Crippen molar-refractivity contribution in [3.63, 3.8) is 0 Å². The molecular weight excluding hydrogens is 335 g/mol. The number of halogens is 4. The Morgan fingerprint density at radius 3 is 2.96 bits per heavy atom. The standard InChI is InChI=1S/C13H15ClF3N5O/c1-6-9-10(21-20-6)18-13(14)19-11(9)23-12-7(15)3-2-4-22(12)5-8(16)17/h7-8,12H,2-5H2,1H3,(H,18,19,20,21). The van der Waals surface area contributed by atoms with Gasteiger partial charge in [0, 0.05) is 12.2 Å². The molecule has 0 amide bonds. The average molecular weight is 350 g/mol. The summed E-state index contributed by atoms with van der Waals surface area (Å²) in [6, 6.07) is 0. The van der Waals surface area contributed by atoms with Crippen LogP contribution in [0.2, 0.25) is 5.28 Å². The molecule has 0 radical (unpaired) electrons. The van der Waals surface area contributed by atoms with Crippen molar-refractivity contribution in [1.82, 2.24) is 25.1 Å². The summed E-state index contributed by atoms with van der Waals surface area (Å²) in [5, 5.41) is 7.03. The van der Waals surface area contributed by atoms with Gasteiger partial charge >= 0.3 is 0 Å². The van der Waals surface area contributed by atoms with Crippen LogP contribution in [0.25, 0.3) is 11.0 Å². The summed E-state index contributed by atoms with van der Waals surface area (Å²) < 4.78 is 45.3. The van der Waals surface area contributed by atoms with Gasteiger partial charge in [-0.15, -0.1) is 0 Å². The van der Waals surface area contributed by atoms with Crippen molar-refractivity contribution in [3.8, 4) is 5.88 Å². The van der Waals surface area contributed by atoms with Gasteiger partial charge in [-0.2, -0.15) is 15.1 Å². The fourth-order valence-corrected chi connectivity index (χ4v) is 2.87. The molecule has 23 heavy (non-hydrogen) atoms. The first-order chi connectivity index (χ1) is 11.0. The second kappa shape index (κ2) is 6.48. The fourth-order valence-electron chi connectivity index (χ4n) is 2.71. The maximum absolute atomic E-state index is 14.2. The molecule has 126 valence electrons. The van der Waals surface area contributed by atoms with Crippen LogP contribution in [-0.4, -0.2) is 57.0 Å². The number of alkyl halides is 3. The van der Waals surface area contributed by atoms with Gasteiger partial charge in [-0.1, -0.05) is 0 Å². The number of aromatic nitrogens is 4. The first-order valence-corrected chi connectivity index (χ1v) is 7.54. The van der Waals surface area contributed by atoms with Gasteiger partial charge in [0.05, 0.1) is 6.54 Å². The number of likely N-dealkylation sites (tertiary alicyclic amines) is 1. The fraction of sp³-hybridized carbons (Fsp3) is 0.615. The largest absolute Gasteiger partial charge is 0.454 e. The van der Waals surface area contributed by atoms with Crippen molar-refractivity contribution in [2.45, 2.75) is 38.6 Å². The zero-order valence-electron chi connectivity index (χ0n) is 12.3. The molecule has 10 heteroatoms. The number of ether oxygens (including phenoxy) is 1. The van der Waals surface area contributed by atoms with Crippen LogP contribution in [0.5, 0.6) is 5.88 Å². The Bertz CT molecular complexity index is 698. The maximum Gasteiger partial charge on any atom is 0.251 e. The number of piperidine rings is 1. The van der Waals surface area contributed by atoms with Gasteiger partial charge in [-0.05, 0) is 31.4 Å². The van der Waals surface area contributed by atoms with E-state index in [1.54, 1.807) is 6.92 Å². The quantitative estimate of drug-likeness (QED) is 0.860. The minimum absolute atomic E-state index is 0.0417. The lowest BCUT2D eigenvalue weighted by Gasteiger charge is -2.37. The second-order valence-electron chi connectivity index (χ2n) is 5.40. The molecule has 2 unspecified atom stereocenters. The van der Waals surface area contributed by atoms with Crippen LogP contribution >= 0.6 is 11.6 Å². The Kier molecular flexibility index (Phi) is 4.58. The highest BCUT2D eigenvalue weighted by Gasteiger charge is 2.35. The molecule has 1 fully saturated rings. The van der Waals surface area contributed by atoms with Gasteiger partial charge in [0.1, 0.15) is 5.39 Å². The average Bonchev–Trinajstić information content (AvgIpc) is 2.83. The summed E-state index contributed by atoms with van der Waals surface area (Å²) in [5.41, 5.74) is 0.905. The minimum Gasteiger partial charge on any atom is -0.454 e. The molecule has 2 atom stereocenters. The number of fused-ring (bicyclic) bond motifs is 1. The summed E-state index contributed by atoms with van der Waals surface area (Å²) >= 11 is 5.82. The number of hydrogen-bond donors (Lipinski definition) is 1. The lowest BCUT2D eigenvalue weighted by atomic mass is 10.1. The van der Waals surface area contributed by atoms with E-state index in [0.717, 1.165) is 0 Å². The molecule has 1 aliphatic heterocycles. The molecule has 3 heterocycles.